The molecular weight excluding hydrogens is 294 g/mol. The molecule has 0 radical (unpaired) electrons. The van der Waals surface area contributed by atoms with Crippen LogP contribution in [0.15, 0.2) is 24.3 Å². The summed E-state index contributed by atoms with van der Waals surface area (Å²) in [7, 11) is 1.49. The molecule has 0 aliphatic rings. The minimum Gasteiger partial charge on any atom is -0.480 e. The van der Waals surface area contributed by atoms with Gasteiger partial charge in [0.15, 0.2) is 5.13 Å². The van der Waals surface area contributed by atoms with Crippen molar-refractivity contribution in [2.75, 3.05) is 32.1 Å². The number of carboxylic acid groups (broad SMARTS) is 1. The summed E-state index contributed by atoms with van der Waals surface area (Å²) in [5.74, 6) is -1.08. The minimum atomic E-state index is -1.08. The van der Waals surface area contributed by atoms with E-state index in [0.717, 1.165) is 15.1 Å². The highest BCUT2D eigenvalue weighted by atomic mass is 32.1. The first kappa shape index (κ1) is 15.2. The maximum atomic E-state index is 12.1. The van der Waals surface area contributed by atoms with Crippen molar-refractivity contribution in [2.24, 2.45) is 0 Å². The van der Waals surface area contributed by atoms with Crippen LogP contribution in [0.4, 0.5) is 9.93 Å². The number of carbonyl (C=O) groups excluding carboxylic acids is 1. The number of ether oxygens (including phenoxy) is 1. The Kier molecular flexibility index (Phi) is 5.07. The average Bonchev–Trinajstić information content (AvgIpc) is 2.85. The van der Waals surface area contributed by atoms with Crippen molar-refractivity contribution < 1.29 is 19.4 Å². The Balaban J connectivity index is 2.07. The predicted molar refractivity (Wildman–Crippen MR) is 79.7 cm³/mol. The lowest BCUT2D eigenvalue weighted by atomic mass is 10.3. The van der Waals surface area contributed by atoms with Gasteiger partial charge in [-0.25, -0.2) is 9.78 Å². The second-order valence-corrected chi connectivity index (χ2v) is 5.26. The molecule has 2 amide bonds. The van der Waals surface area contributed by atoms with Crippen LogP contribution in [-0.2, 0) is 9.53 Å². The molecule has 1 heterocycles. The molecule has 2 aromatic rings. The first-order valence-electron chi connectivity index (χ1n) is 6.22. The number of urea groups is 1. The fourth-order valence-electron chi connectivity index (χ4n) is 1.71. The number of anilines is 1. The fourth-order valence-corrected chi connectivity index (χ4v) is 2.57. The van der Waals surface area contributed by atoms with E-state index in [1.807, 2.05) is 24.3 Å². The maximum absolute atomic E-state index is 12.1. The summed E-state index contributed by atoms with van der Waals surface area (Å²) in [5, 5.41) is 11.9. The molecule has 112 valence electrons. The van der Waals surface area contributed by atoms with Crippen LogP contribution in [0.25, 0.3) is 10.2 Å². The van der Waals surface area contributed by atoms with Crippen molar-refractivity contribution >= 4 is 38.7 Å². The van der Waals surface area contributed by atoms with Gasteiger partial charge in [0.1, 0.15) is 6.54 Å². The molecule has 0 spiro atoms. The Hall–Kier alpha value is -2.19. The third kappa shape index (κ3) is 4.14. The Bertz CT molecular complexity index is 610. The summed E-state index contributed by atoms with van der Waals surface area (Å²) in [6.45, 7) is 0.0696. The van der Waals surface area contributed by atoms with Crippen molar-refractivity contribution in [1.82, 2.24) is 9.88 Å². The summed E-state index contributed by atoms with van der Waals surface area (Å²) in [5.41, 5.74) is 0.791. The van der Waals surface area contributed by atoms with Gasteiger partial charge in [-0.2, -0.15) is 0 Å². The Morgan fingerprint density at radius 2 is 2.19 bits per heavy atom. The second kappa shape index (κ2) is 7.00. The van der Waals surface area contributed by atoms with Gasteiger partial charge in [0.25, 0.3) is 0 Å². The molecule has 2 rings (SSSR count). The number of nitrogens with one attached hydrogen (secondary N) is 1. The van der Waals surface area contributed by atoms with Crippen molar-refractivity contribution in [3.8, 4) is 0 Å². The standard InChI is InChI=1S/C13H15N3O4S/c1-20-7-6-16(8-11(17)18)13(19)15-12-14-9-4-2-3-5-10(9)21-12/h2-5H,6-8H2,1H3,(H,17,18)(H,14,15,19). The lowest BCUT2D eigenvalue weighted by Crippen LogP contribution is -2.40. The zero-order chi connectivity index (χ0) is 15.2. The molecule has 0 saturated carbocycles. The summed E-state index contributed by atoms with van der Waals surface area (Å²) >= 11 is 1.34. The zero-order valence-corrected chi connectivity index (χ0v) is 12.2. The van der Waals surface area contributed by atoms with Gasteiger partial charge in [0.05, 0.1) is 16.8 Å². The molecule has 0 bridgehead atoms. The van der Waals surface area contributed by atoms with Crippen molar-refractivity contribution in [3.05, 3.63) is 24.3 Å². The van der Waals surface area contributed by atoms with Crippen LogP contribution >= 0.6 is 11.3 Å². The molecule has 0 atom stereocenters. The van der Waals surface area contributed by atoms with Crippen molar-refractivity contribution in [1.29, 1.82) is 0 Å². The molecule has 21 heavy (non-hydrogen) atoms. The molecule has 0 unspecified atom stereocenters. The first-order chi connectivity index (χ1) is 10.1. The Labute approximate surface area is 125 Å². The number of methoxy groups -OCH3 is 1. The lowest BCUT2D eigenvalue weighted by Gasteiger charge is -2.19. The Morgan fingerprint density at radius 3 is 2.86 bits per heavy atom. The molecule has 7 nitrogen and oxygen atoms in total. The number of hydrogen-bond acceptors (Lipinski definition) is 5. The first-order valence-corrected chi connectivity index (χ1v) is 7.04. The van der Waals surface area contributed by atoms with Crippen LogP contribution < -0.4 is 5.32 Å². The number of nitrogens with zero attached hydrogens (tertiary/aromatic N) is 2. The second-order valence-electron chi connectivity index (χ2n) is 4.22. The number of para-hydroxylation sites is 1. The van der Waals surface area contributed by atoms with E-state index in [9.17, 15) is 9.59 Å². The number of carboxylic acids is 1. The molecule has 0 aliphatic heterocycles. The van der Waals surface area contributed by atoms with Gasteiger partial charge in [-0.05, 0) is 12.1 Å². The van der Waals surface area contributed by atoms with Crippen LogP contribution in [0.3, 0.4) is 0 Å². The van der Waals surface area contributed by atoms with E-state index >= 15 is 0 Å². The highest BCUT2D eigenvalue weighted by Gasteiger charge is 2.18. The van der Waals surface area contributed by atoms with Gasteiger partial charge in [-0.3, -0.25) is 10.1 Å². The van der Waals surface area contributed by atoms with Crippen molar-refractivity contribution in [2.45, 2.75) is 0 Å². The third-order valence-electron chi connectivity index (χ3n) is 2.69. The van der Waals surface area contributed by atoms with Gasteiger partial charge < -0.3 is 14.7 Å². The highest BCUT2D eigenvalue weighted by molar-refractivity contribution is 7.22. The Morgan fingerprint density at radius 1 is 1.43 bits per heavy atom. The molecule has 8 heteroatoms. The number of amides is 2. The van der Waals surface area contributed by atoms with Crippen LogP contribution in [0.2, 0.25) is 0 Å². The monoisotopic (exact) mass is 309 g/mol. The molecule has 2 N–H and O–H groups in total. The normalized spacial score (nSPS) is 10.5. The van der Waals surface area contributed by atoms with E-state index in [0.29, 0.717) is 5.13 Å². The average molecular weight is 309 g/mol. The summed E-state index contributed by atoms with van der Waals surface area (Å²) in [6, 6.07) is 7.00. The predicted octanol–water partition coefficient (Wildman–Crippen LogP) is 1.86. The maximum Gasteiger partial charge on any atom is 0.324 e. The van der Waals surface area contributed by atoms with E-state index in [-0.39, 0.29) is 19.7 Å². The number of aliphatic carboxylic acids is 1. The quantitative estimate of drug-likeness (QED) is 0.850. The van der Waals surface area contributed by atoms with Gasteiger partial charge in [-0.1, -0.05) is 23.5 Å². The number of thiazole rings is 1. The third-order valence-corrected chi connectivity index (χ3v) is 3.64. The highest BCUT2D eigenvalue weighted by Crippen LogP contribution is 2.25. The number of fused-ring (bicyclic) bond motifs is 1. The minimum absolute atomic E-state index is 0.194. The smallest absolute Gasteiger partial charge is 0.324 e. The van der Waals surface area contributed by atoms with Gasteiger partial charge in [0, 0.05) is 13.7 Å². The van der Waals surface area contributed by atoms with Crippen molar-refractivity contribution in [3.63, 3.8) is 0 Å². The van der Waals surface area contributed by atoms with E-state index in [4.69, 9.17) is 9.84 Å². The number of aromatic nitrogens is 1. The fraction of sp³-hybridized carbons (Fsp3) is 0.308. The molecule has 1 aromatic carbocycles. The summed E-state index contributed by atoms with van der Waals surface area (Å²) in [6.07, 6.45) is 0. The largest absolute Gasteiger partial charge is 0.480 e. The molecule has 0 fully saturated rings. The number of rotatable bonds is 6. The van der Waals surface area contributed by atoms with Gasteiger partial charge in [0.2, 0.25) is 0 Å². The van der Waals surface area contributed by atoms with Gasteiger partial charge >= 0.3 is 12.0 Å². The van der Waals surface area contributed by atoms with Crippen LogP contribution in [-0.4, -0.2) is 53.8 Å². The van der Waals surface area contributed by atoms with Crippen LogP contribution in [0, 0.1) is 0 Å². The lowest BCUT2D eigenvalue weighted by molar-refractivity contribution is -0.137. The van der Waals surface area contributed by atoms with E-state index in [1.165, 1.54) is 18.4 Å². The summed E-state index contributed by atoms with van der Waals surface area (Å²) < 4.78 is 5.83. The van der Waals surface area contributed by atoms with E-state index < -0.39 is 12.0 Å². The number of benzene rings is 1. The molecular formula is C13H15N3O4S. The van der Waals surface area contributed by atoms with Gasteiger partial charge in [-0.15, -0.1) is 0 Å². The number of hydrogen-bond donors (Lipinski definition) is 2. The SMILES string of the molecule is COCCN(CC(=O)O)C(=O)Nc1nc2ccccc2s1. The molecule has 0 aliphatic carbocycles. The summed E-state index contributed by atoms with van der Waals surface area (Å²) in [4.78, 5) is 28.3. The molecule has 1 aromatic heterocycles. The topological polar surface area (TPSA) is 91.8 Å². The molecule has 0 saturated heterocycles. The number of carbonyl (C=O) groups is 2. The van der Waals surface area contributed by atoms with Crippen LogP contribution in [0.5, 0.6) is 0 Å². The zero-order valence-electron chi connectivity index (χ0n) is 11.4. The van der Waals surface area contributed by atoms with Crippen LogP contribution in [0.1, 0.15) is 0 Å². The van der Waals surface area contributed by atoms with E-state index in [1.54, 1.807) is 0 Å². The van der Waals surface area contributed by atoms with E-state index in [2.05, 4.69) is 10.3 Å².